The van der Waals surface area contributed by atoms with E-state index < -0.39 is 0 Å². The number of nitrogens with zero attached hydrogens (tertiary/aromatic N) is 1. The number of carbonyl (C=O) groups excluding carboxylic acids is 1. The molecule has 1 aliphatic heterocycles. The number of rotatable bonds is 7. The molecule has 0 saturated heterocycles. The summed E-state index contributed by atoms with van der Waals surface area (Å²) in [6, 6.07) is 10.6. The van der Waals surface area contributed by atoms with Crippen molar-refractivity contribution >= 4 is 33.2 Å². The number of amides is 1. The molecule has 1 fully saturated rings. The summed E-state index contributed by atoms with van der Waals surface area (Å²) < 4.78 is 13.1. The fraction of sp³-hybridized carbons (Fsp3) is 0.423. The Bertz CT molecular complexity index is 1120. The summed E-state index contributed by atoms with van der Waals surface area (Å²) in [5, 5.41) is 1.23. The first-order chi connectivity index (χ1) is 15.7. The minimum absolute atomic E-state index is 0.0326. The monoisotopic (exact) mass is 496 g/mol. The molecule has 0 radical (unpaired) electrons. The molecule has 1 amide bonds. The number of hydrogen-bond acceptors (Lipinski definition) is 3. The standard InChI is InChI=1S/C26H29BrN2O3/c1-31-25-12-17-10-11-29(16-30)24(22(17)14-26(25)32-20-4-2-3-5-20)9-6-18-15-28-23-8-7-19(27)13-21(18)23/h7-8,12-16,20,24,28H,2-6,9-11H2,1H3. The van der Waals surface area contributed by atoms with Crippen LogP contribution in [0, 0.1) is 0 Å². The van der Waals surface area contributed by atoms with Gasteiger partial charge in [0.1, 0.15) is 0 Å². The van der Waals surface area contributed by atoms with Crippen molar-refractivity contribution in [2.24, 2.45) is 0 Å². The second-order valence-electron chi connectivity index (χ2n) is 8.88. The normalized spacial score (nSPS) is 18.7. The van der Waals surface area contributed by atoms with Crippen LogP contribution in [-0.4, -0.2) is 36.1 Å². The molecule has 2 aromatic carbocycles. The number of nitrogens with one attached hydrogen (secondary N) is 1. The Kier molecular flexibility index (Phi) is 6.13. The van der Waals surface area contributed by atoms with Gasteiger partial charge in [0, 0.05) is 28.1 Å². The van der Waals surface area contributed by atoms with E-state index in [9.17, 15) is 4.79 Å². The van der Waals surface area contributed by atoms with Crippen molar-refractivity contribution in [2.45, 2.75) is 57.1 Å². The number of benzene rings is 2. The molecule has 0 bridgehead atoms. The van der Waals surface area contributed by atoms with Gasteiger partial charge in [-0.25, -0.2) is 0 Å². The SMILES string of the molecule is COc1cc2c(cc1OC1CCCC1)C(CCc1c[nH]c3ccc(Br)cc13)N(C=O)CC2. The summed E-state index contributed by atoms with van der Waals surface area (Å²) in [5.41, 5.74) is 4.86. The number of methoxy groups -OCH3 is 1. The highest BCUT2D eigenvalue weighted by molar-refractivity contribution is 9.10. The number of hydrogen-bond donors (Lipinski definition) is 1. The molecule has 168 valence electrons. The molecule has 5 rings (SSSR count). The van der Waals surface area contributed by atoms with Crippen LogP contribution in [0.3, 0.4) is 0 Å². The van der Waals surface area contributed by atoms with E-state index in [1.165, 1.54) is 34.9 Å². The number of halogens is 1. The van der Waals surface area contributed by atoms with Crippen LogP contribution >= 0.6 is 15.9 Å². The molecule has 3 aromatic rings. The number of aromatic amines is 1. The lowest BCUT2D eigenvalue weighted by molar-refractivity contribution is -0.120. The average Bonchev–Trinajstić information content (AvgIpc) is 3.46. The van der Waals surface area contributed by atoms with Crippen molar-refractivity contribution in [1.82, 2.24) is 9.88 Å². The van der Waals surface area contributed by atoms with Crippen LogP contribution in [0.15, 0.2) is 41.0 Å². The van der Waals surface area contributed by atoms with Gasteiger partial charge in [-0.15, -0.1) is 0 Å². The molecule has 32 heavy (non-hydrogen) atoms. The molecule has 1 aliphatic carbocycles. The summed E-state index contributed by atoms with van der Waals surface area (Å²) in [6.45, 7) is 0.729. The smallest absolute Gasteiger partial charge is 0.210 e. The van der Waals surface area contributed by atoms with Gasteiger partial charge in [0.15, 0.2) is 11.5 Å². The topological polar surface area (TPSA) is 54.6 Å². The Morgan fingerprint density at radius 2 is 2.03 bits per heavy atom. The van der Waals surface area contributed by atoms with Gasteiger partial charge < -0.3 is 19.4 Å². The third-order valence-corrected chi connectivity index (χ3v) is 7.47. The maximum atomic E-state index is 11.9. The van der Waals surface area contributed by atoms with Crippen LogP contribution < -0.4 is 9.47 Å². The van der Waals surface area contributed by atoms with Crippen LogP contribution in [0.25, 0.3) is 10.9 Å². The van der Waals surface area contributed by atoms with E-state index in [0.717, 1.165) is 66.5 Å². The molecule has 0 spiro atoms. The largest absolute Gasteiger partial charge is 0.493 e. The van der Waals surface area contributed by atoms with Crippen molar-refractivity contribution in [3.05, 3.63) is 57.7 Å². The van der Waals surface area contributed by atoms with Crippen molar-refractivity contribution in [1.29, 1.82) is 0 Å². The van der Waals surface area contributed by atoms with E-state index in [-0.39, 0.29) is 12.1 Å². The second-order valence-corrected chi connectivity index (χ2v) is 9.79. The lowest BCUT2D eigenvalue weighted by atomic mass is 9.88. The van der Waals surface area contributed by atoms with Crippen molar-refractivity contribution in [2.75, 3.05) is 13.7 Å². The molecule has 2 aliphatic rings. The molecule has 6 heteroatoms. The molecule has 1 saturated carbocycles. The molecule has 1 atom stereocenters. The lowest BCUT2D eigenvalue weighted by Crippen LogP contribution is -2.34. The fourth-order valence-corrected chi connectivity index (χ4v) is 5.62. The van der Waals surface area contributed by atoms with Gasteiger partial charge in [-0.1, -0.05) is 15.9 Å². The van der Waals surface area contributed by atoms with Crippen LogP contribution in [0.1, 0.15) is 54.8 Å². The number of ether oxygens (including phenoxy) is 2. The predicted molar refractivity (Wildman–Crippen MR) is 129 cm³/mol. The molecule has 1 aromatic heterocycles. The highest BCUT2D eigenvalue weighted by Gasteiger charge is 2.29. The average molecular weight is 497 g/mol. The van der Waals surface area contributed by atoms with Crippen LogP contribution in [-0.2, 0) is 17.6 Å². The highest BCUT2D eigenvalue weighted by atomic mass is 79.9. The van der Waals surface area contributed by atoms with Gasteiger partial charge in [-0.2, -0.15) is 0 Å². The first-order valence-electron chi connectivity index (χ1n) is 11.5. The Balaban J connectivity index is 1.44. The summed E-state index contributed by atoms with van der Waals surface area (Å²) >= 11 is 3.58. The Hall–Kier alpha value is -2.47. The van der Waals surface area contributed by atoms with E-state index in [0.29, 0.717) is 0 Å². The fourth-order valence-electron chi connectivity index (χ4n) is 5.26. The van der Waals surface area contributed by atoms with Gasteiger partial charge >= 0.3 is 0 Å². The first-order valence-corrected chi connectivity index (χ1v) is 12.3. The van der Waals surface area contributed by atoms with Gasteiger partial charge in [-0.05, 0) is 92.0 Å². The van der Waals surface area contributed by atoms with Gasteiger partial charge in [0.2, 0.25) is 6.41 Å². The zero-order chi connectivity index (χ0) is 22.1. The summed E-state index contributed by atoms with van der Waals surface area (Å²) in [4.78, 5) is 17.3. The minimum Gasteiger partial charge on any atom is -0.493 e. The van der Waals surface area contributed by atoms with Gasteiger partial charge in [0.05, 0.1) is 19.3 Å². The lowest BCUT2D eigenvalue weighted by Gasteiger charge is -2.35. The second kappa shape index (κ2) is 9.18. The third-order valence-electron chi connectivity index (χ3n) is 6.97. The Labute approximate surface area is 197 Å². The number of fused-ring (bicyclic) bond motifs is 2. The van der Waals surface area contributed by atoms with Crippen molar-refractivity contribution in [3.63, 3.8) is 0 Å². The highest BCUT2D eigenvalue weighted by Crippen LogP contribution is 2.41. The Morgan fingerprint density at radius 1 is 1.19 bits per heavy atom. The van der Waals surface area contributed by atoms with Gasteiger partial charge in [-0.3, -0.25) is 4.79 Å². The number of aromatic nitrogens is 1. The quantitative estimate of drug-likeness (QED) is 0.411. The molecule has 1 N–H and O–H groups in total. The van der Waals surface area contributed by atoms with E-state index in [1.807, 2.05) is 11.0 Å². The van der Waals surface area contributed by atoms with Gasteiger partial charge in [0.25, 0.3) is 0 Å². The molecule has 5 nitrogen and oxygen atoms in total. The third kappa shape index (κ3) is 4.13. The zero-order valence-corrected chi connectivity index (χ0v) is 20.0. The molecular weight excluding hydrogens is 468 g/mol. The maximum Gasteiger partial charge on any atom is 0.210 e. The number of carbonyl (C=O) groups is 1. The van der Waals surface area contributed by atoms with Crippen molar-refractivity contribution in [3.8, 4) is 11.5 Å². The first kappa shape index (κ1) is 21.4. The van der Waals surface area contributed by atoms with E-state index in [2.05, 4.69) is 51.4 Å². The van der Waals surface area contributed by atoms with E-state index in [1.54, 1.807) is 7.11 Å². The van der Waals surface area contributed by atoms with E-state index in [4.69, 9.17) is 9.47 Å². The minimum atomic E-state index is 0.0326. The van der Waals surface area contributed by atoms with Crippen LogP contribution in [0.5, 0.6) is 11.5 Å². The van der Waals surface area contributed by atoms with Crippen molar-refractivity contribution < 1.29 is 14.3 Å². The maximum absolute atomic E-state index is 11.9. The number of aryl methyl sites for hydroxylation is 1. The van der Waals surface area contributed by atoms with Crippen LogP contribution in [0.4, 0.5) is 0 Å². The van der Waals surface area contributed by atoms with Crippen LogP contribution in [0.2, 0.25) is 0 Å². The zero-order valence-electron chi connectivity index (χ0n) is 18.4. The number of H-pyrrole nitrogens is 1. The summed E-state index contributed by atoms with van der Waals surface area (Å²) in [7, 11) is 1.70. The molecule has 1 unspecified atom stereocenters. The van der Waals surface area contributed by atoms with E-state index >= 15 is 0 Å². The Morgan fingerprint density at radius 3 is 2.81 bits per heavy atom. The summed E-state index contributed by atoms with van der Waals surface area (Å²) in [6.07, 6.45) is 10.6. The molecule has 2 heterocycles. The predicted octanol–water partition coefficient (Wildman–Crippen LogP) is 5.95. The summed E-state index contributed by atoms with van der Waals surface area (Å²) in [5.74, 6) is 1.61. The molecular formula is C26H29BrN2O3.